The van der Waals surface area contributed by atoms with Crippen LogP contribution < -0.4 is 5.32 Å². The van der Waals surface area contributed by atoms with Gasteiger partial charge in [-0.05, 0) is 32.5 Å². The van der Waals surface area contributed by atoms with Crippen molar-refractivity contribution in [2.24, 2.45) is 0 Å². The van der Waals surface area contributed by atoms with Crippen molar-refractivity contribution >= 4 is 11.8 Å². The first-order valence-corrected chi connectivity index (χ1v) is 6.14. The molecular weight excluding hydrogens is 206 g/mol. The lowest BCUT2D eigenvalue weighted by atomic mass is 10.2. The van der Waals surface area contributed by atoms with Gasteiger partial charge in [-0.25, -0.2) is 0 Å². The lowest BCUT2D eigenvalue weighted by molar-refractivity contribution is 0.199. The third-order valence-corrected chi connectivity index (χ3v) is 3.52. The average Bonchev–Trinajstić information content (AvgIpc) is 2.17. The van der Waals surface area contributed by atoms with E-state index < -0.39 is 0 Å². The monoisotopic (exact) mass is 225 g/mol. The van der Waals surface area contributed by atoms with Gasteiger partial charge in [-0.15, -0.1) is 11.8 Å². The molecule has 2 N–H and O–H groups in total. The molecule has 1 rings (SSSR count). The summed E-state index contributed by atoms with van der Waals surface area (Å²) in [6.07, 6.45) is -0.277. The molecule has 84 valence electrons. The molecule has 0 bridgehead atoms. The summed E-state index contributed by atoms with van der Waals surface area (Å²) >= 11 is 1.71. The van der Waals surface area contributed by atoms with Crippen LogP contribution in [0.4, 0.5) is 0 Å². The number of rotatable bonds is 5. The Morgan fingerprint density at radius 1 is 1.40 bits per heavy atom. The summed E-state index contributed by atoms with van der Waals surface area (Å²) in [7, 11) is 1.85. The third kappa shape index (κ3) is 4.24. The van der Waals surface area contributed by atoms with Gasteiger partial charge in [0.15, 0.2) is 0 Å². The molecule has 0 heterocycles. The molecule has 1 aromatic rings. The van der Waals surface area contributed by atoms with Crippen molar-refractivity contribution in [2.45, 2.75) is 24.8 Å². The third-order valence-electron chi connectivity index (χ3n) is 2.20. The van der Waals surface area contributed by atoms with Crippen molar-refractivity contribution in [3.63, 3.8) is 0 Å². The van der Waals surface area contributed by atoms with Crippen molar-refractivity contribution in [3.05, 3.63) is 29.3 Å². The molecule has 1 unspecified atom stereocenters. The topological polar surface area (TPSA) is 32.3 Å². The predicted octanol–water partition coefficient (Wildman–Crippen LogP) is 1.98. The van der Waals surface area contributed by atoms with E-state index in [-0.39, 0.29) is 6.10 Å². The quantitative estimate of drug-likeness (QED) is 0.752. The number of hydrogen-bond acceptors (Lipinski definition) is 3. The molecule has 0 aliphatic carbocycles. The zero-order chi connectivity index (χ0) is 11.3. The molecule has 0 saturated heterocycles. The van der Waals surface area contributed by atoms with Crippen LogP contribution in [-0.2, 0) is 0 Å². The molecular formula is C12H19NOS. The van der Waals surface area contributed by atoms with Gasteiger partial charge in [-0.2, -0.15) is 0 Å². The van der Waals surface area contributed by atoms with E-state index in [4.69, 9.17) is 0 Å². The summed E-state index contributed by atoms with van der Waals surface area (Å²) in [4.78, 5) is 1.26. The molecule has 0 aliphatic rings. The highest BCUT2D eigenvalue weighted by Gasteiger charge is 2.05. The lowest BCUT2D eigenvalue weighted by Gasteiger charge is -2.11. The van der Waals surface area contributed by atoms with Crippen LogP contribution >= 0.6 is 11.8 Å². The zero-order valence-electron chi connectivity index (χ0n) is 9.58. The number of aryl methyl sites for hydroxylation is 2. The highest BCUT2D eigenvalue weighted by atomic mass is 32.2. The molecule has 0 radical (unpaired) electrons. The number of aliphatic hydroxyl groups excluding tert-OH is 1. The molecule has 3 heteroatoms. The first-order chi connectivity index (χ1) is 7.13. The Kier molecular flexibility index (Phi) is 5.15. The van der Waals surface area contributed by atoms with E-state index in [0.29, 0.717) is 6.54 Å². The molecule has 1 atom stereocenters. The number of nitrogens with one attached hydrogen (secondary N) is 1. The predicted molar refractivity (Wildman–Crippen MR) is 66.6 cm³/mol. The molecule has 1 aromatic carbocycles. The fourth-order valence-electron chi connectivity index (χ4n) is 1.44. The van der Waals surface area contributed by atoms with Crippen LogP contribution in [0.5, 0.6) is 0 Å². The number of hydrogen-bond donors (Lipinski definition) is 2. The Hall–Kier alpha value is -0.510. The Labute approximate surface area is 96.1 Å². The van der Waals surface area contributed by atoms with Crippen LogP contribution in [0.25, 0.3) is 0 Å². The molecule has 2 nitrogen and oxygen atoms in total. The van der Waals surface area contributed by atoms with E-state index >= 15 is 0 Å². The first kappa shape index (κ1) is 12.6. The minimum atomic E-state index is -0.277. The summed E-state index contributed by atoms with van der Waals surface area (Å²) < 4.78 is 0. The highest BCUT2D eigenvalue weighted by Crippen LogP contribution is 2.23. The average molecular weight is 225 g/mol. The van der Waals surface area contributed by atoms with E-state index in [1.54, 1.807) is 11.8 Å². The number of aliphatic hydroxyl groups is 1. The van der Waals surface area contributed by atoms with Crippen molar-refractivity contribution in [1.82, 2.24) is 5.32 Å². The minimum Gasteiger partial charge on any atom is -0.391 e. The minimum absolute atomic E-state index is 0.277. The van der Waals surface area contributed by atoms with Gasteiger partial charge in [-0.1, -0.05) is 17.7 Å². The molecule has 0 aliphatic heterocycles. The summed E-state index contributed by atoms with van der Waals surface area (Å²) in [5.41, 5.74) is 2.57. The molecule has 0 spiro atoms. The van der Waals surface area contributed by atoms with Gasteiger partial charge in [0.25, 0.3) is 0 Å². The van der Waals surface area contributed by atoms with Crippen molar-refractivity contribution < 1.29 is 5.11 Å². The van der Waals surface area contributed by atoms with Crippen LogP contribution in [-0.4, -0.2) is 30.6 Å². The zero-order valence-corrected chi connectivity index (χ0v) is 10.4. The van der Waals surface area contributed by atoms with Gasteiger partial charge in [0, 0.05) is 17.2 Å². The molecule has 0 aromatic heterocycles. The van der Waals surface area contributed by atoms with E-state index in [1.807, 2.05) is 7.05 Å². The Morgan fingerprint density at radius 3 is 2.73 bits per heavy atom. The van der Waals surface area contributed by atoms with Gasteiger partial charge in [0.1, 0.15) is 0 Å². The van der Waals surface area contributed by atoms with Gasteiger partial charge in [0.2, 0.25) is 0 Å². The lowest BCUT2D eigenvalue weighted by Crippen LogP contribution is -2.25. The normalized spacial score (nSPS) is 12.8. The van der Waals surface area contributed by atoms with Crippen molar-refractivity contribution in [3.8, 4) is 0 Å². The molecule has 0 saturated carbocycles. The number of likely N-dealkylation sites (N-methyl/N-ethyl adjacent to an activating group) is 1. The maximum absolute atomic E-state index is 9.57. The van der Waals surface area contributed by atoms with Gasteiger partial charge >= 0.3 is 0 Å². The second-order valence-corrected chi connectivity index (χ2v) is 4.85. The summed E-state index contributed by atoms with van der Waals surface area (Å²) in [5, 5.41) is 12.5. The first-order valence-electron chi connectivity index (χ1n) is 5.16. The largest absolute Gasteiger partial charge is 0.391 e. The van der Waals surface area contributed by atoms with E-state index in [1.165, 1.54) is 16.0 Å². The number of benzene rings is 1. The second-order valence-electron chi connectivity index (χ2n) is 3.79. The second kappa shape index (κ2) is 6.16. The van der Waals surface area contributed by atoms with Crippen LogP contribution in [0.2, 0.25) is 0 Å². The molecule has 0 amide bonds. The fraction of sp³-hybridized carbons (Fsp3) is 0.500. The Morgan fingerprint density at radius 2 is 2.13 bits per heavy atom. The number of thioether (sulfide) groups is 1. The van der Waals surface area contributed by atoms with Gasteiger partial charge < -0.3 is 10.4 Å². The molecule has 15 heavy (non-hydrogen) atoms. The smallest absolute Gasteiger partial charge is 0.0758 e. The summed E-state index contributed by atoms with van der Waals surface area (Å²) in [6.45, 7) is 4.86. The van der Waals surface area contributed by atoms with Crippen LogP contribution in [0.15, 0.2) is 23.1 Å². The maximum atomic E-state index is 9.57. The maximum Gasteiger partial charge on any atom is 0.0758 e. The summed E-state index contributed by atoms with van der Waals surface area (Å²) in [5.74, 6) is 0.741. The van der Waals surface area contributed by atoms with Crippen LogP contribution in [0.1, 0.15) is 11.1 Å². The summed E-state index contributed by atoms with van der Waals surface area (Å²) in [6, 6.07) is 6.41. The van der Waals surface area contributed by atoms with Crippen LogP contribution in [0.3, 0.4) is 0 Å². The highest BCUT2D eigenvalue weighted by molar-refractivity contribution is 7.99. The Balaban J connectivity index is 2.50. The van der Waals surface area contributed by atoms with E-state index in [9.17, 15) is 5.11 Å². The van der Waals surface area contributed by atoms with Crippen molar-refractivity contribution in [2.75, 3.05) is 19.3 Å². The van der Waals surface area contributed by atoms with Crippen LogP contribution in [0, 0.1) is 13.8 Å². The van der Waals surface area contributed by atoms with Crippen molar-refractivity contribution in [1.29, 1.82) is 0 Å². The SMILES string of the molecule is CNCC(O)CSc1ccc(C)cc1C. The fourth-order valence-corrected chi connectivity index (χ4v) is 2.38. The molecule has 0 fully saturated rings. The standard InChI is InChI=1S/C12H19NOS/c1-9-4-5-12(10(2)6-9)15-8-11(14)7-13-3/h4-6,11,13-14H,7-8H2,1-3H3. The van der Waals surface area contributed by atoms with E-state index in [0.717, 1.165) is 5.75 Å². The van der Waals surface area contributed by atoms with Gasteiger partial charge in [0.05, 0.1) is 6.10 Å². The van der Waals surface area contributed by atoms with Gasteiger partial charge in [-0.3, -0.25) is 0 Å². The Bertz CT molecular complexity index is 314. The van der Waals surface area contributed by atoms with E-state index in [2.05, 4.69) is 37.4 Å².